The van der Waals surface area contributed by atoms with E-state index in [0.717, 1.165) is 285 Å². The summed E-state index contributed by atoms with van der Waals surface area (Å²) in [6.07, 6.45) is 30.4. The van der Waals surface area contributed by atoms with Crippen LogP contribution in [0.25, 0.3) is 101 Å². The van der Waals surface area contributed by atoms with Gasteiger partial charge in [0.2, 0.25) is 0 Å². The first-order valence-electron chi connectivity index (χ1n) is 53.2. The van der Waals surface area contributed by atoms with Crippen molar-refractivity contribution < 1.29 is 33.6 Å². The van der Waals surface area contributed by atoms with E-state index in [4.69, 9.17) is 30.2 Å². The molecule has 6 aromatic carbocycles. The Bertz CT molecular complexity index is 7720. The fraction of sp³-hybridized carbons (Fsp3) is 0.390. The highest BCUT2D eigenvalue weighted by Crippen LogP contribution is 2.38. The lowest BCUT2D eigenvalue weighted by Crippen LogP contribution is -2.37. The summed E-state index contributed by atoms with van der Waals surface area (Å²) in [5.74, 6) is 6.94. The van der Waals surface area contributed by atoms with Crippen LogP contribution in [0.2, 0.25) is 0 Å². The zero-order chi connectivity index (χ0) is 104. The minimum Gasteiger partial charge on any atom is -0.396 e. The third-order valence-corrected chi connectivity index (χ3v) is 31.6. The molecule has 4 saturated carbocycles. The van der Waals surface area contributed by atoms with E-state index in [2.05, 4.69) is 248 Å². The van der Waals surface area contributed by atoms with Gasteiger partial charge >= 0.3 is 0 Å². The van der Waals surface area contributed by atoms with E-state index >= 15 is 0 Å². The topological polar surface area (TPSA) is 378 Å². The number of fused-ring (bicyclic) bond motifs is 6. The summed E-state index contributed by atoms with van der Waals surface area (Å²) >= 11 is 0. The molecule has 0 amide bonds. The second-order valence-corrected chi connectivity index (χ2v) is 44.8. The number of nitrogens with one attached hydrogen (secondary N) is 6. The van der Waals surface area contributed by atoms with Crippen LogP contribution < -0.4 is 31.9 Å². The van der Waals surface area contributed by atoms with Crippen molar-refractivity contribution in [1.82, 2.24) is 87.6 Å². The largest absolute Gasteiger partial charge is 0.396 e. The smallest absolute Gasteiger partial charge is 0.154 e. The van der Waals surface area contributed by atoms with Crippen LogP contribution in [0, 0.1) is 59.3 Å². The van der Waals surface area contributed by atoms with E-state index in [1.807, 2.05) is 164 Å². The van der Waals surface area contributed by atoms with Gasteiger partial charge in [-0.3, -0.25) is 0 Å². The molecule has 0 unspecified atom stereocenters. The van der Waals surface area contributed by atoms with E-state index in [1.54, 1.807) is 0 Å². The lowest BCUT2D eigenvalue weighted by atomic mass is 9.77. The average molecular weight is 2040 g/mol. The van der Waals surface area contributed by atoms with Crippen molar-refractivity contribution in [3.63, 3.8) is 0 Å². The Labute approximate surface area is 876 Å². The maximum atomic E-state index is 11.5. The van der Waals surface area contributed by atoms with Gasteiger partial charge in [-0.15, -0.1) is 30.6 Å². The van der Waals surface area contributed by atoms with Crippen molar-refractivity contribution in [2.75, 3.05) is 69.8 Å². The van der Waals surface area contributed by atoms with Crippen LogP contribution in [0.15, 0.2) is 256 Å². The Hall–Kier alpha value is -14.4. The molecule has 31 nitrogen and oxygen atoms in total. The first kappa shape index (κ1) is 104. The minimum atomic E-state index is -2.82. The van der Waals surface area contributed by atoms with Crippen molar-refractivity contribution in [3.8, 4) is 67.5 Å². The first-order valence-corrected chi connectivity index (χ1v) is 55.0. The SMILES string of the molecule is Cc1cccc(-c2cnc3ccc(NC4CCC(C(C)(C)O)CC4)nn23)c1.Cc1cccc(-c2cnc3ccc(NC4CCC(C)(O)CC4)nn23)c1.Cc1cccc(-c2cnc3ccc(NC4CCC(CO)CC4)nn23)c1.Cc1cccc(-c2cnc3ccc(NC4CCC(O)CC4)nn23)c1.Cc1cccc(-c2cnc3ccc(NC4CCOCC4)nn23)c1.Cc1cccc(-c2cnc3ccc(NCC4CCS(=O)(=O)CC4)nn23)c1. The van der Waals surface area contributed by atoms with Gasteiger partial charge in [-0.1, -0.05) is 143 Å². The van der Waals surface area contributed by atoms with Crippen LogP contribution in [-0.4, -0.2) is 202 Å². The number of rotatable bonds is 21. The fourth-order valence-corrected chi connectivity index (χ4v) is 22.6. The molecule has 32 heteroatoms. The zero-order valence-electron chi connectivity index (χ0n) is 87.3. The number of nitrogens with zero attached hydrogens (tertiary/aromatic N) is 18. The summed E-state index contributed by atoms with van der Waals surface area (Å²) < 4.78 is 39.9. The molecule has 12 aromatic heterocycles. The molecule has 2 aliphatic heterocycles. The van der Waals surface area contributed by atoms with Crippen molar-refractivity contribution >= 4 is 78.6 Å². The molecule has 4 aliphatic carbocycles. The van der Waals surface area contributed by atoms with Gasteiger partial charge in [-0.2, -0.15) is 0 Å². The van der Waals surface area contributed by atoms with Gasteiger partial charge in [0.1, 0.15) is 44.7 Å². The van der Waals surface area contributed by atoms with Crippen molar-refractivity contribution in [2.24, 2.45) is 17.8 Å². The highest BCUT2D eigenvalue weighted by molar-refractivity contribution is 7.91. The Kier molecular flexibility index (Phi) is 32.8. The predicted octanol–water partition coefficient (Wildman–Crippen LogP) is 21.6. The molecule has 0 atom stereocenters. The molecule has 150 heavy (non-hydrogen) atoms. The van der Waals surface area contributed by atoms with Crippen molar-refractivity contribution in [2.45, 2.75) is 238 Å². The van der Waals surface area contributed by atoms with Gasteiger partial charge < -0.3 is 57.1 Å². The second-order valence-electron chi connectivity index (χ2n) is 42.5. The Morgan fingerprint density at radius 2 is 0.600 bits per heavy atom. The molecule has 24 rings (SSSR count). The van der Waals surface area contributed by atoms with Crippen LogP contribution in [0.3, 0.4) is 0 Å². The number of aryl methyl sites for hydroxylation is 6. The maximum Gasteiger partial charge on any atom is 0.154 e. The number of aromatic nitrogens is 18. The molecule has 2 saturated heterocycles. The number of benzene rings is 6. The van der Waals surface area contributed by atoms with Gasteiger partial charge in [-0.05, 0) is 318 Å². The third kappa shape index (κ3) is 26.7. The molecule has 0 bridgehead atoms. The van der Waals surface area contributed by atoms with E-state index in [0.29, 0.717) is 66.1 Å². The number of sulfone groups is 1. The van der Waals surface area contributed by atoms with E-state index in [9.17, 15) is 28.8 Å². The van der Waals surface area contributed by atoms with Crippen LogP contribution in [0.4, 0.5) is 34.9 Å². The fourth-order valence-electron chi connectivity index (χ4n) is 21.0. The monoisotopic (exact) mass is 2040 g/mol. The standard InChI is InChI=1S/C22H28N4O.2C20H24N4O.C19H22N4O2S.C19H22N4O.C18H20N4O/c1-15-5-4-6-16(13-15)19-14-23-21-12-11-20(25-26(19)21)24-18-9-7-17(8-10-18)22(2,3)27;1-14-4-3-5-15(12-14)17-13-21-19-7-6-18(23-24(17)19)22-16-8-10-20(2,25)11-9-16;1-14-3-2-4-16(11-14)18-12-21-20-10-9-19(23-24(18)20)22-17-7-5-15(13-25)6-8-17;1-14-3-2-4-16(11-14)17-13-21-19-6-5-18(22-23(17)19)20-12-15-7-9-26(24,25)10-8-15;1-13-3-2-4-14(11-13)17-12-20-19-10-9-18(22-23(17)19)21-15-5-7-16(24)8-6-15;1-13-3-2-4-14(11-13)16-12-19-18-6-5-17(21-22(16)18)20-15-7-9-23-10-8-15/h4-6,11-14,17-18,27H,7-10H2,1-3H3,(H,24,25);3-7,12-13,16,25H,8-11H2,1-2H3,(H,22,23);2-4,9-12,15,17,25H,5-8,13H2,1H3,(H,22,23);2-6,11,13,15H,7-10,12H2,1H3,(H,20,22);2-4,9-12,15-16,24H,5-8H2,1H3,(H,21,22);2-6,11-12,15H,7-10H2,1H3,(H,20,21). The molecular weight excluding hydrogens is 1900 g/mol. The highest BCUT2D eigenvalue weighted by Gasteiger charge is 2.34. The lowest BCUT2D eigenvalue weighted by molar-refractivity contribution is -0.000428. The van der Waals surface area contributed by atoms with Crippen molar-refractivity contribution in [3.05, 3.63) is 289 Å². The molecule has 0 spiro atoms. The quantitative estimate of drug-likeness (QED) is 0.0319. The van der Waals surface area contributed by atoms with Crippen LogP contribution in [-0.2, 0) is 14.6 Å². The number of hydrogen-bond acceptors (Lipinski definition) is 25. The van der Waals surface area contributed by atoms with Crippen molar-refractivity contribution in [1.29, 1.82) is 0 Å². The molecule has 18 aromatic rings. The van der Waals surface area contributed by atoms with Gasteiger partial charge in [0.25, 0.3) is 0 Å². The summed E-state index contributed by atoms with van der Waals surface area (Å²) in [7, 11) is -2.82. The van der Waals surface area contributed by atoms with Gasteiger partial charge in [-0.25, -0.2) is 65.4 Å². The summed E-state index contributed by atoms with van der Waals surface area (Å²) in [6, 6.07) is 76.1. The zero-order valence-corrected chi connectivity index (χ0v) is 88.1. The summed E-state index contributed by atoms with van der Waals surface area (Å²) in [4.78, 5) is 26.8. The molecule has 6 fully saturated rings. The van der Waals surface area contributed by atoms with Crippen LogP contribution in [0.5, 0.6) is 0 Å². The molecule has 14 heterocycles. The highest BCUT2D eigenvalue weighted by atomic mass is 32.2. The number of aliphatic hydroxyl groups excluding tert-OH is 2. The Morgan fingerprint density at radius 1 is 0.340 bits per heavy atom. The molecule has 780 valence electrons. The number of ether oxygens (including phenoxy) is 1. The molecule has 0 radical (unpaired) electrons. The minimum absolute atomic E-state index is 0.139. The van der Waals surface area contributed by atoms with Gasteiger partial charge in [0.15, 0.2) is 33.9 Å². The number of imidazole rings is 6. The van der Waals surface area contributed by atoms with Gasteiger partial charge in [0.05, 0.1) is 100 Å². The molecule has 6 aliphatic rings. The van der Waals surface area contributed by atoms with Crippen LogP contribution in [0.1, 0.15) is 183 Å². The third-order valence-electron chi connectivity index (χ3n) is 29.9. The first-order chi connectivity index (χ1) is 72.6. The van der Waals surface area contributed by atoms with E-state index in [1.165, 1.54) is 33.4 Å². The summed E-state index contributed by atoms with van der Waals surface area (Å²) in [6.45, 7) is 21.0. The number of aliphatic hydroxyl groups is 4. The molecule has 10 N–H and O–H groups in total. The molecular formula is C118H140N24O7S. The van der Waals surface area contributed by atoms with Gasteiger partial charge in [0, 0.05) is 90.0 Å². The van der Waals surface area contributed by atoms with E-state index < -0.39 is 21.0 Å². The Balaban J connectivity index is 0.000000113. The number of hydrogen-bond donors (Lipinski definition) is 10. The lowest BCUT2D eigenvalue weighted by Gasteiger charge is -2.36. The Morgan fingerprint density at radius 3 is 0.880 bits per heavy atom. The normalized spacial score (nSPS) is 20.0. The summed E-state index contributed by atoms with van der Waals surface area (Å²) in [5.41, 5.74) is 23.9. The van der Waals surface area contributed by atoms with Crippen LogP contribution >= 0.6 is 0 Å². The maximum absolute atomic E-state index is 11.5. The predicted molar refractivity (Wildman–Crippen MR) is 597 cm³/mol. The van der Waals surface area contributed by atoms with E-state index in [-0.39, 0.29) is 6.10 Å². The average Bonchev–Trinajstić information content (AvgIpc) is 1.66. The summed E-state index contributed by atoms with van der Waals surface area (Å²) in [5, 5.41) is 88.7. The number of anilines is 6. The second kappa shape index (κ2) is 47.2.